The topological polar surface area (TPSA) is 82.1 Å². The van der Waals surface area contributed by atoms with E-state index in [0.717, 1.165) is 44.6 Å². The molecule has 180 valence electrons. The number of hydrogen-bond donors (Lipinski definition) is 2. The van der Waals surface area contributed by atoms with Crippen LogP contribution in [0.1, 0.15) is 36.6 Å². The van der Waals surface area contributed by atoms with Gasteiger partial charge in [-0.3, -0.25) is 19.7 Å². The van der Waals surface area contributed by atoms with E-state index >= 15 is 0 Å². The van der Waals surface area contributed by atoms with Crippen LogP contribution in [0.25, 0.3) is 0 Å². The second kappa shape index (κ2) is 13.3. The maximum Gasteiger partial charge on any atom is 0.244 e. The van der Waals surface area contributed by atoms with E-state index in [2.05, 4.69) is 22.4 Å². The molecule has 7 nitrogen and oxygen atoms in total. The van der Waals surface area contributed by atoms with Crippen LogP contribution in [-0.2, 0) is 22.4 Å². The summed E-state index contributed by atoms with van der Waals surface area (Å²) in [5.41, 5.74) is 2.86. The van der Waals surface area contributed by atoms with Gasteiger partial charge in [0.1, 0.15) is 5.75 Å². The Bertz CT molecular complexity index is 849. The lowest BCUT2D eigenvalue weighted by atomic mass is 9.94. The Kier molecular flexibility index (Phi) is 10.2. The Labute approximate surface area is 200 Å². The number of carbonyl (C=O) groups excluding carboxylic acids is 2. The van der Waals surface area contributed by atoms with E-state index in [1.807, 2.05) is 36.1 Å². The van der Waals surface area contributed by atoms with Crippen molar-refractivity contribution in [2.75, 3.05) is 39.3 Å². The fourth-order valence-corrected chi connectivity index (χ4v) is 4.93. The number of nitrogens with zero attached hydrogens (tertiary/aromatic N) is 2. The van der Waals surface area contributed by atoms with Crippen LogP contribution in [0, 0.1) is 5.92 Å². The van der Waals surface area contributed by atoms with Crippen LogP contribution in [0.3, 0.4) is 0 Å². The second-order valence-corrected chi connectivity index (χ2v) is 9.43. The summed E-state index contributed by atoms with van der Waals surface area (Å²) in [4.78, 5) is 30.7. The average molecular weight is 474 g/mol. The number of thiophene rings is 1. The molecule has 0 aliphatic carbocycles. The lowest BCUT2D eigenvalue weighted by Gasteiger charge is -2.36. The van der Waals surface area contributed by atoms with Crippen molar-refractivity contribution >= 4 is 23.2 Å². The zero-order valence-corrected chi connectivity index (χ0v) is 20.2. The molecule has 0 unspecified atom stereocenters. The highest BCUT2D eigenvalue weighted by molar-refractivity contribution is 7.09. The molecule has 8 heteroatoms. The Morgan fingerprint density at radius 2 is 1.88 bits per heavy atom. The van der Waals surface area contributed by atoms with E-state index in [0.29, 0.717) is 26.1 Å². The van der Waals surface area contributed by atoms with Gasteiger partial charge in [0.25, 0.3) is 0 Å². The fourth-order valence-electron chi connectivity index (χ4n) is 4.23. The monoisotopic (exact) mass is 473 g/mol. The number of rotatable bonds is 12. The quantitative estimate of drug-likeness (QED) is 0.365. The number of hydrogen-bond acceptors (Lipinski definition) is 6. The molecule has 2 amide bonds. The Morgan fingerprint density at radius 1 is 1.12 bits per heavy atom. The average Bonchev–Trinajstić information content (AvgIpc) is 3.37. The molecule has 1 saturated heterocycles. The van der Waals surface area contributed by atoms with Gasteiger partial charge in [0.05, 0.1) is 6.61 Å². The summed E-state index contributed by atoms with van der Waals surface area (Å²) in [5.74, 6) is -0.0619. The summed E-state index contributed by atoms with van der Waals surface area (Å²) in [6, 6.07) is 12.2. The predicted molar refractivity (Wildman–Crippen MR) is 130 cm³/mol. The largest absolute Gasteiger partial charge is 0.494 e. The van der Waals surface area contributed by atoms with Crippen molar-refractivity contribution in [3.8, 4) is 5.75 Å². The molecule has 1 aromatic heterocycles. The van der Waals surface area contributed by atoms with Gasteiger partial charge in [-0.1, -0.05) is 18.2 Å². The van der Waals surface area contributed by atoms with Crippen molar-refractivity contribution in [2.45, 2.75) is 39.0 Å². The Morgan fingerprint density at radius 3 is 2.52 bits per heavy atom. The molecule has 2 aromatic rings. The van der Waals surface area contributed by atoms with Gasteiger partial charge < -0.3 is 9.64 Å². The third-order valence-electron chi connectivity index (χ3n) is 6.10. The van der Waals surface area contributed by atoms with E-state index < -0.39 is 11.8 Å². The smallest absolute Gasteiger partial charge is 0.244 e. The summed E-state index contributed by atoms with van der Waals surface area (Å²) in [6.07, 6.45) is 3.28. The fraction of sp³-hybridized carbons (Fsp3) is 0.520. The van der Waals surface area contributed by atoms with Crippen molar-refractivity contribution in [1.29, 1.82) is 0 Å². The third kappa shape index (κ3) is 8.14. The molecule has 1 atom stereocenters. The van der Waals surface area contributed by atoms with Crippen LogP contribution in [-0.4, -0.2) is 66.2 Å². The lowest BCUT2D eigenvalue weighted by molar-refractivity contribution is -0.142. The molecule has 1 aliphatic heterocycles. The molecule has 2 N–H and O–H groups in total. The number of carbonyl (C=O) groups is 2. The Balaban J connectivity index is 1.47. The third-order valence-corrected chi connectivity index (χ3v) is 7.03. The lowest BCUT2D eigenvalue weighted by Crippen LogP contribution is -2.51. The van der Waals surface area contributed by atoms with Crippen molar-refractivity contribution in [2.24, 2.45) is 5.92 Å². The molecular formula is C25H35N3O4S. The van der Waals surface area contributed by atoms with Gasteiger partial charge in [0, 0.05) is 49.9 Å². The Hall–Kier alpha value is -2.42. The molecule has 0 bridgehead atoms. The number of ether oxygens (including phenoxy) is 1. The van der Waals surface area contributed by atoms with Crippen LogP contribution in [0.4, 0.5) is 0 Å². The molecule has 3 rings (SSSR count). The summed E-state index contributed by atoms with van der Waals surface area (Å²) in [7, 11) is 0. The van der Waals surface area contributed by atoms with E-state index in [1.165, 1.54) is 10.4 Å². The zero-order valence-electron chi connectivity index (χ0n) is 19.4. The van der Waals surface area contributed by atoms with Gasteiger partial charge in [-0.15, -0.1) is 11.3 Å². The minimum atomic E-state index is -0.510. The van der Waals surface area contributed by atoms with Crippen LogP contribution in [0.5, 0.6) is 5.75 Å². The molecule has 0 spiro atoms. The normalized spacial score (nSPS) is 15.3. The standard InChI is InChI=1S/C25H35N3O4S/c1-2-32-22-10-8-20(9-11-22)5-3-6-21(19-24(29)26-31)25(30)28-16-14-27(15-17-28)13-12-23-7-4-18-33-23/h4,7-11,18,21,31H,2-3,5-6,12-17,19H2,1H3,(H,26,29)/t21-/m1/s1. The first kappa shape index (κ1) is 25.2. The highest BCUT2D eigenvalue weighted by atomic mass is 32.1. The number of hydroxylamine groups is 1. The first-order valence-corrected chi connectivity index (χ1v) is 12.6. The van der Waals surface area contributed by atoms with E-state index in [4.69, 9.17) is 9.94 Å². The van der Waals surface area contributed by atoms with Crippen molar-refractivity contribution in [1.82, 2.24) is 15.3 Å². The number of amides is 2. The number of piperazine rings is 1. The molecular weight excluding hydrogens is 438 g/mol. The first-order valence-electron chi connectivity index (χ1n) is 11.8. The van der Waals surface area contributed by atoms with Crippen LogP contribution in [0.15, 0.2) is 41.8 Å². The van der Waals surface area contributed by atoms with E-state index in [9.17, 15) is 9.59 Å². The molecule has 1 aliphatic rings. The molecule has 1 fully saturated rings. The summed E-state index contributed by atoms with van der Waals surface area (Å²) < 4.78 is 5.48. The van der Waals surface area contributed by atoms with Crippen molar-refractivity contribution in [3.63, 3.8) is 0 Å². The summed E-state index contributed by atoms with van der Waals surface area (Å²) >= 11 is 1.78. The van der Waals surface area contributed by atoms with Crippen LogP contribution < -0.4 is 10.2 Å². The summed E-state index contributed by atoms with van der Waals surface area (Å²) in [6.45, 7) is 6.65. The minimum absolute atomic E-state index is 0.0111. The molecule has 0 radical (unpaired) electrons. The van der Waals surface area contributed by atoms with E-state index in [-0.39, 0.29) is 12.3 Å². The number of benzene rings is 1. The van der Waals surface area contributed by atoms with Gasteiger partial charge in [0.15, 0.2) is 0 Å². The van der Waals surface area contributed by atoms with E-state index in [1.54, 1.807) is 16.8 Å². The maximum absolute atomic E-state index is 13.2. The second-order valence-electron chi connectivity index (χ2n) is 8.40. The SMILES string of the molecule is CCOc1ccc(CCC[C@H](CC(=O)NO)C(=O)N2CCN(CCc3cccs3)CC2)cc1. The molecule has 33 heavy (non-hydrogen) atoms. The highest BCUT2D eigenvalue weighted by Crippen LogP contribution is 2.20. The zero-order chi connectivity index (χ0) is 23.5. The van der Waals surface area contributed by atoms with Crippen molar-refractivity contribution in [3.05, 3.63) is 52.2 Å². The van der Waals surface area contributed by atoms with Crippen LogP contribution >= 0.6 is 11.3 Å². The van der Waals surface area contributed by atoms with Gasteiger partial charge >= 0.3 is 0 Å². The maximum atomic E-state index is 13.2. The number of aryl methyl sites for hydroxylation is 1. The summed E-state index contributed by atoms with van der Waals surface area (Å²) in [5, 5.41) is 11.1. The molecule has 0 saturated carbocycles. The van der Waals surface area contributed by atoms with Crippen molar-refractivity contribution < 1.29 is 19.5 Å². The minimum Gasteiger partial charge on any atom is -0.494 e. The molecule has 1 aromatic carbocycles. The number of nitrogens with one attached hydrogen (secondary N) is 1. The van der Waals surface area contributed by atoms with Crippen LogP contribution in [0.2, 0.25) is 0 Å². The van der Waals surface area contributed by atoms with Gasteiger partial charge in [-0.05, 0) is 61.7 Å². The predicted octanol–water partition coefficient (Wildman–Crippen LogP) is 3.37. The first-order chi connectivity index (χ1) is 16.1. The highest BCUT2D eigenvalue weighted by Gasteiger charge is 2.28. The van der Waals surface area contributed by atoms with Gasteiger partial charge in [0.2, 0.25) is 11.8 Å². The molecule has 2 heterocycles. The van der Waals surface area contributed by atoms with Gasteiger partial charge in [-0.25, -0.2) is 5.48 Å². The van der Waals surface area contributed by atoms with Gasteiger partial charge in [-0.2, -0.15) is 0 Å².